The van der Waals surface area contributed by atoms with Crippen molar-refractivity contribution in [1.82, 2.24) is 9.88 Å². The lowest BCUT2D eigenvalue weighted by Crippen LogP contribution is -2.48. The zero-order valence-electron chi connectivity index (χ0n) is 17.0. The van der Waals surface area contributed by atoms with Gasteiger partial charge in [-0.2, -0.15) is 0 Å². The lowest BCUT2D eigenvalue weighted by atomic mass is 10.2. The van der Waals surface area contributed by atoms with E-state index in [0.29, 0.717) is 37.3 Å². The molecule has 1 aliphatic heterocycles. The summed E-state index contributed by atoms with van der Waals surface area (Å²) in [6.45, 7) is 2.00. The Morgan fingerprint density at radius 2 is 1.61 bits per heavy atom. The van der Waals surface area contributed by atoms with Crippen LogP contribution in [0.25, 0.3) is 10.2 Å². The topological polar surface area (TPSA) is 105 Å². The number of hydrogen-bond acceptors (Lipinski definition) is 8. The van der Waals surface area contributed by atoms with Crippen LogP contribution in [0.1, 0.15) is 10.4 Å². The summed E-state index contributed by atoms with van der Waals surface area (Å²) in [6, 6.07) is 11.2. The van der Waals surface area contributed by atoms with E-state index in [4.69, 9.17) is 0 Å². The molecule has 0 radical (unpaired) electrons. The minimum atomic E-state index is -3.39. The van der Waals surface area contributed by atoms with Gasteiger partial charge in [-0.05, 0) is 30.3 Å². The molecule has 8 nitrogen and oxygen atoms in total. The van der Waals surface area contributed by atoms with Crippen LogP contribution >= 0.6 is 11.3 Å². The Morgan fingerprint density at radius 3 is 2.26 bits per heavy atom. The summed E-state index contributed by atoms with van der Waals surface area (Å²) in [5.41, 5.74) is 0.815. The Hall–Kier alpha value is -2.50. The summed E-state index contributed by atoms with van der Waals surface area (Å²) in [6.07, 6.45) is 2.28. The molecule has 3 aromatic rings. The maximum atomic E-state index is 12.9. The Bertz CT molecular complexity index is 1370. The van der Waals surface area contributed by atoms with Crippen molar-refractivity contribution in [3.05, 3.63) is 48.0 Å². The number of carbonyl (C=O) groups excluding carboxylic acids is 1. The van der Waals surface area contributed by atoms with Crippen LogP contribution in [0.2, 0.25) is 0 Å². The van der Waals surface area contributed by atoms with Crippen LogP contribution in [0.3, 0.4) is 0 Å². The van der Waals surface area contributed by atoms with E-state index < -0.39 is 19.7 Å². The number of hydrogen-bond donors (Lipinski definition) is 0. The Balaban J connectivity index is 1.51. The van der Waals surface area contributed by atoms with Gasteiger partial charge in [0, 0.05) is 44.3 Å². The Morgan fingerprint density at radius 1 is 0.935 bits per heavy atom. The third-order valence-corrected chi connectivity index (χ3v) is 8.44. The van der Waals surface area contributed by atoms with Crippen molar-refractivity contribution in [2.45, 2.75) is 9.79 Å². The average molecular weight is 480 g/mol. The maximum absolute atomic E-state index is 12.9. The summed E-state index contributed by atoms with van der Waals surface area (Å²) >= 11 is 1.42. The number of anilines is 1. The number of piperazine rings is 1. The molecule has 4 rings (SSSR count). The van der Waals surface area contributed by atoms with E-state index in [1.165, 1.54) is 29.7 Å². The van der Waals surface area contributed by atoms with E-state index in [0.717, 1.165) is 16.1 Å². The molecule has 0 atom stereocenters. The van der Waals surface area contributed by atoms with Crippen molar-refractivity contribution in [2.24, 2.45) is 0 Å². The van der Waals surface area contributed by atoms with Gasteiger partial charge in [-0.1, -0.05) is 23.5 Å². The largest absolute Gasteiger partial charge is 0.345 e. The highest BCUT2D eigenvalue weighted by Crippen LogP contribution is 2.33. The van der Waals surface area contributed by atoms with Gasteiger partial charge in [0.15, 0.2) is 24.8 Å². The van der Waals surface area contributed by atoms with E-state index in [9.17, 15) is 21.6 Å². The van der Waals surface area contributed by atoms with Crippen LogP contribution in [-0.2, 0) is 19.7 Å². The number of thiazole rings is 1. The maximum Gasteiger partial charge on any atom is 0.254 e. The second-order valence-electron chi connectivity index (χ2n) is 7.45. The fourth-order valence-electron chi connectivity index (χ4n) is 3.49. The number of carbonyl (C=O) groups is 1. The second-order valence-corrected chi connectivity index (χ2v) is 12.5. The highest BCUT2D eigenvalue weighted by atomic mass is 32.2. The van der Waals surface area contributed by atoms with Gasteiger partial charge < -0.3 is 9.80 Å². The molecule has 0 N–H and O–H groups in total. The van der Waals surface area contributed by atoms with Crippen molar-refractivity contribution < 1.29 is 21.6 Å². The number of amides is 1. The molecule has 0 spiro atoms. The molecule has 1 aromatic heterocycles. The van der Waals surface area contributed by atoms with Gasteiger partial charge >= 0.3 is 0 Å². The van der Waals surface area contributed by atoms with E-state index >= 15 is 0 Å². The molecular formula is C20H21N3O5S3. The molecule has 11 heteroatoms. The van der Waals surface area contributed by atoms with E-state index in [1.807, 2.05) is 11.0 Å². The van der Waals surface area contributed by atoms with Gasteiger partial charge in [-0.25, -0.2) is 21.8 Å². The van der Waals surface area contributed by atoms with Crippen LogP contribution in [0.4, 0.5) is 5.13 Å². The molecule has 0 bridgehead atoms. The number of para-hydroxylation sites is 1. The minimum Gasteiger partial charge on any atom is -0.345 e. The summed E-state index contributed by atoms with van der Waals surface area (Å²) in [5, 5.41) is 0.720. The van der Waals surface area contributed by atoms with Gasteiger partial charge in [0.25, 0.3) is 5.91 Å². The van der Waals surface area contributed by atoms with Gasteiger partial charge in [0.1, 0.15) is 5.52 Å². The summed E-state index contributed by atoms with van der Waals surface area (Å²) in [7, 11) is -6.77. The van der Waals surface area contributed by atoms with Crippen molar-refractivity contribution in [3.8, 4) is 0 Å². The second kappa shape index (κ2) is 7.88. The number of fused-ring (bicyclic) bond motifs is 1. The first-order chi connectivity index (χ1) is 14.5. The summed E-state index contributed by atoms with van der Waals surface area (Å²) in [4.78, 5) is 21.5. The number of aromatic nitrogens is 1. The third-order valence-electron chi connectivity index (χ3n) is 5.12. The van der Waals surface area contributed by atoms with Crippen molar-refractivity contribution in [2.75, 3.05) is 43.6 Å². The molecule has 1 fully saturated rings. The molecular weight excluding hydrogens is 458 g/mol. The van der Waals surface area contributed by atoms with E-state index in [1.54, 1.807) is 29.2 Å². The third kappa shape index (κ3) is 4.43. The molecule has 164 valence electrons. The quantitative estimate of drug-likeness (QED) is 0.564. The minimum absolute atomic E-state index is 0.119. The Kier molecular flexibility index (Phi) is 5.52. The van der Waals surface area contributed by atoms with Crippen LogP contribution in [0.5, 0.6) is 0 Å². The molecule has 2 heterocycles. The predicted molar refractivity (Wildman–Crippen MR) is 120 cm³/mol. The highest BCUT2D eigenvalue weighted by Gasteiger charge is 2.25. The van der Waals surface area contributed by atoms with E-state index in [-0.39, 0.29) is 15.7 Å². The van der Waals surface area contributed by atoms with Crippen molar-refractivity contribution >= 4 is 52.3 Å². The lowest BCUT2D eigenvalue weighted by molar-refractivity contribution is 0.0746. The van der Waals surface area contributed by atoms with Crippen LogP contribution in [0.15, 0.2) is 52.3 Å². The first kappa shape index (κ1) is 21.7. The first-order valence-corrected chi connectivity index (χ1v) is 14.1. The monoisotopic (exact) mass is 479 g/mol. The molecule has 1 saturated heterocycles. The fourth-order valence-corrected chi connectivity index (χ4v) is 6.10. The van der Waals surface area contributed by atoms with Crippen LogP contribution < -0.4 is 4.90 Å². The van der Waals surface area contributed by atoms with Crippen molar-refractivity contribution in [3.63, 3.8) is 0 Å². The standard InChI is InChI=1S/C20H21N3O5S3/c1-30(25,26)15-6-3-5-14(13-15)19(24)22-9-11-23(12-10-22)20-21-18-16(29-20)7-4-8-17(18)31(2,27)28/h3-8,13H,9-12H2,1-2H3. The molecule has 1 aliphatic rings. The van der Waals surface area contributed by atoms with Gasteiger partial charge in [0.05, 0.1) is 14.5 Å². The van der Waals surface area contributed by atoms with Crippen LogP contribution in [-0.4, -0.2) is 71.3 Å². The van der Waals surface area contributed by atoms with Gasteiger partial charge in [-0.15, -0.1) is 0 Å². The SMILES string of the molecule is CS(=O)(=O)c1cccc(C(=O)N2CCN(c3nc4c(S(C)(=O)=O)cccc4s3)CC2)c1. The normalized spacial score (nSPS) is 15.4. The number of nitrogens with zero attached hydrogens (tertiary/aromatic N) is 3. The van der Waals surface area contributed by atoms with Crippen molar-refractivity contribution in [1.29, 1.82) is 0 Å². The lowest BCUT2D eigenvalue weighted by Gasteiger charge is -2.34. The number of rotatable bonds is 4. The predicted octanol–water partition coefficient (Wildman–Crippen LogP) is 2.07. The molecule has 0 saturated carbocycles. The molecule has 31 heavy (non-hydrogen) atoms. The zero-order chi connectivity index (χ0) is 22.4. The first-order valence-electron chi connectivity index (χ1n) is 9.48. The fraction of sp³-hybridized carbons (Fsp3) is 0.300. The van der Waals surface area contributed by atoms with E-state index in [2.05, 4.69) is 4.98 Å². The van der Waals surface area contributed by atoms with Crippen LogP contribution in [0, 0.1) is 0 Å². The molecule has 1 amide bonds. The number of sulfone groups is 2. The van der Waals surface area contributed by atoms with Gasteiger partial charge in [0.2, 0.25) is 0 Å². The van der Waals surface area contributed by atoms with Gasteiger partial charge in [-0.3, -0.25) is 4.79 Å². The number of benzene rings is 2. The average Bonchev–Trinajstić information content (AvgIpc) is 3.16. The molecule has 2 aromatic carbocycles. The summed E-state index contributed by atoms with van der Waals surface area (Å²) in [5.74, 6) is -0.214. The smallest absolute Gasteiger partial charge is 0.254 e. The molecule has 0 unspecified atom stereocenters. The highest BCUT2D eigenvalue weighted by molar-refractivity contribution is 7.91. The molecule has 0 aliphatic carbocycles. The Labute approximate surface area is 185 Å². The summed E-state index contributed by atoms with van der Waals surface area (Å²) < 4.78 is 48.4. The zero-order valence-corrected chi connectivity index (χ0v) is 19.4.